The van der Waals surface area contributed by atoms with Crippen molar-refractivity contribution in [3.05, 3.63) is 69.8 Å². The van der Waals surface area contributed by atoms with Gasteiger partial charge in [-0.1, -0.05) is 77.9 Å². The molecule has 5 rings (SSSR count). The molecular weight excluding hydrogens is 320 g/mol. The summed E-state index contributed by atoms with van der Waals surface area (Å²) in [5, 5.41) is 0. The van der Waals surface area contributed by atoms with Crippen LogP contribution in [-0.2, 0) is 20.4 Å². The molecule has 0 fully saturated rings. The highest BCUT2D eigenvalue weighted by Crippen LogP contribution is 2.50. The summed E-state index contributed by atoms with van der Waals surface area (Å²) in [5.41, 5.74) is 6.53. The van der Waals surface area contributed by atoms with Gasteiger partial charge in [0.1, 0.15) is 0 Å². The van der Waals surface area contributed by atoms with Gasteiger partial charge in [-0.3, -0.25) is 9.59 Å². The number of hydrogen-bond donors (Lipinski definition) is 0. The molecule has 2 aromatic rings. The molecule has 0 saturated heterocycles. The van der Waals surface area contributed by atoms with Crippen molar-refractivity contribution < 1.29 is 9.59 Å². The van der Waals surface area contributed by atoms with E-state index in [0.717, 1.165) is 22.3 Å². The van der Waals surface area contributed by atoms with Gasteiger partial charge < -0.3 is 0 Å². The van der Waals surface area contributed by atoms with E-state index in [-0.39, 0.29) is 22.4 Å². The van der Waals surface area contributed by atoms with Gasteiger partial charge in [0, 0.05) is 0 Å². The average molecular weight is 346 g/mol. The van der Waals surface area contributed by atoms with Crippen LogP contribution in [-0.4, -0.2) is 11.6 Å². The fourth-order valence-corrected chi connectivity index (χ4v) is 4.29. The van der Waals surface area contributed by atoms with Crippen molar-refractivity contribution in [2.75, 3.05) is 0 Å². The minimum atomic E-state index is -0.436. The summed E-state index contributed by atoms with van der Waals surface area (Å²) in [6, 6.07) is 12.7. The second-order valence-electron chi connectivity index (χ2n) is 9.78. The maximum atomic E-state index is 12.8. The van der Waals surface area contributed by atoms with E-state index in [1.807, 2.05) is 0 Å². The molecule has 0 N–H and O–H groups in total. The summed E-state index contributed by atoms with van der Waals surface area (Å²) in [6.45, 7) is 13.0. The Labute approximate surface area is 155 Å². The molecule has 26 heavy (non-hydrogen) atoms. The highest BCUT2D eigenvalue weighted by atomic mass is 16.2. The third kappa shape index (κ3) is 2.31. The minimum Gasteiger partial charge on any atom is -0.290 e. The zero-order valence-electron chi connectivity index (χ0n) is 16.4. The first-order valence-electron chi connectivity index (χ1n) is 9.37. The Morgan fingerprint density at radius 2 is 0.923 bits per heavy atom. The maximum Gasteiger partial charge on any atom is 0.211 e. The van der Waals surface area contributed by atoms with E-state index in [1.54, 1.807) is 0 Å². The summed E-state index contributed by atoms with van der Waals surface area (Å²) in [7, 11) is 0. The number of ketones is 2. The largest absolute Gasteiger partial charge is 0.290 e. The molecule has 2 atom stereocenters. The van der Waals surface area contributed by atoms with E-state index < -0.39 is 11.8 Å². The van der Waals surface area contributed by atoms with E-state index in [2.05, 4.69) is 77.9 Å². The van der Waals surface area contributed by atoms with Crippen molar-refractivity contribution in [1.82, 2.24) is 0 Å². The zero-order valence-corrected chi connectivity index (χ0v) is 16.4. The van der Waals surface area contributed by atoms with Crippen LogP contribution in [0.15, 0.2) is 36.4 Å². The van der Waals surface area contributed by atoms with Gasteiger partial charge >= 0.3 is 0 Å². The van der Waals surface area contributed by atoms with Crippen LogP contribution in [0.4, 0.5) is 0 Å². The van der Waals surface area contributed by atoms with Crippen LogP contribution in [0.5, 0.6) is 0 Å². The van der Waals surface area contributed by atoms with Gasteiger partial charge in [-0.2, -0.15) is 0 Å². The third-order valence-electron chi connectivity index (χ3n) is 5.92. The van der Waals surface area contributed by atoms with Crippen LogP contribution in [0.25, 0.3) is 0 Å². The Morgan fingerprint density at radius 3 is 1.23 bits per heavy atom. The molecule has 0 aliphatic heterocycles. The highest BCUT2D eigenvalue weighted by molar-refractivity contribution is 6.45. The molecule has 2 bridgehead atoms. The number of carbonyl (C=O) groups excluding carboxylic acids is 2. The van der Waals surface area contributed by atoms with Gasteiger partial charge in [-0.05, 0) is 44.2 Å². The molecular formula is C24H26O2. The van der Waals surface area contributed by atoms with Crippen molar-refractivity contribution in [2.24, 2.45) is 0 Å². The van der Waals surface area contributed by atoms with E-state index >= 15 is 0 Å². The second-order valence-corrected chi connectivity index (χ2v) is 9.78. The van der Waals surface area contributed by atoms with Crippen LogP contribution in [0.1, 0.15) is 86.8 Å². The summed E-state index contributed by atoms with van der Waals surface area (Å²) in [6.07, 6.45) is 0. The average Bonchev–Trinajstić information content (AvgIpc) is 2.55. The standard InChI is InChI=1S/C24H26O2/c1-23(2,3)13-7-9-15-17(11-13)19-16-10-8-14(24(4,5)6)12-18(16)20(15)22(26)21(19)25/h7-12,19-20H,1-6H3. The predicted octanol–water partition coefficient (Wildman–Crippen LogP) is 5.01. The summed E-state index contributed by atoms with van der Waals surface area (Å²) in [4.78, 5) is 25.6. The van der Waals surface area contributed by atoms with Gasteiger partial charge in [0.25, 0.3) is 0 Å². The van der Waals surface area contributed by atoms with E-state index in [9.17, 15) is 9.59 Å². The van der Waals surface area contributed by atoms with Crippen molar-refractivity contribution in [3.63, 3.8) is 0 Å². The highest BCUT2D eigenvalue weighted by Gasteiger charge is 2.49. The third-order valence-corrected chi connectivity index (χ3v) is 5.92. The van der Waals surface area contributed by atoms with Crippen molar-refractivity contribution >= 4 is 11.6 Å². The number of fused-ring (bicyclic) bond motifs is 1. The molecule has 3 aliphatic rings. The Balaban J connectivity index is 1.96. The molecule has 0 radical (unpaired) electrons. The van der Waals surface area contributed by atoms with Gasteiger partial charge in [-0.25, -0.2) is 0 Å². The Kier molecular flexibility index (Phi) is 3.41. The fourth-order valence-electron chi connectivity index (χ4n) is 4.29. The van der Waals surface area contributed by atoms with Crippen molar-refractivity contribution in [2.45, 2.75) is 64.2 Å². The molecule has 134 valence electrons. The molecule has 0 spiro atoms. The lowest BCUT2D eigenvalue weighted by molar-refractivity contribution is -0.138. The molecule has 0 amide bonds. The summed E-state index contributed by atoms with van der Waals surface area (Å²) in [5.74, 6) is -1.36. The summed E-state index contributed by atoms with van der Waals surface area (Å²) < 4.78 is 0. The quantitative estimate of drug-likeness (QED) is 0.628. The Hall–Kier alpha value is -2.22. The number of Topliss-reactive ketones (excluding diaryl/α,β-unsaturated/α-hetero) is 2. The van der Waals surface area contributed by atoms with Gasteiger partial charge in [0.2, 0.25) is 11.6 Å². The number of carbonyl (C=O) groups is 2. The van der Waals surface area contributed by atoms with E-state index in [0.29, 0.717) is 0 Å². The monoisotopic (exact) mass is 346 g/mol. The van der Waals surface area contributed by atoms with E-state index in [4.69, 9.17) is 0 Å². The molecule has 2 unspecified atom stereocenters. The van der Waals surface area contributed by atoms with Crippen LogP contribution >= 0.6 is 0 Å². The lowest BCUT2D eigenvalue weighted by Gasteiger charge is -2.39. The normalized spacial score (nSPS) is 21.6. The van der Waals surface area contributed by atoms with E-state index in [1.165, 1.54) is 11.1 Å². The topological polar surface area (TPSA) is 34.1 Å². The molecule has 2 heteroatoms. The first-order valence-corrected chi connectivity index (χ1v) is 9.37. The van der Waals surface area contributed by atoms with Crippen molar-refractivity contribution in [3.8, 4) is 0 Å². The first kappa shape index (κ1) is 17.2. The lowest BCUT2D eigenvalue weighted by atomic mass is 9.61. The molecule has 0 heterocycles. The fraction of sp³-hybridized carbons (Fsp3) is 0.417. The molecule has 2 aromatic carbocycles. The van der Waals surface area contributed by atoms with Crippen LogP contribution in [0.3, 0.4) is 0 Å². The number of hydrogen-bond acceptors (Lipinski definition) is 2. The SMILES string of the molecule is CC(C)(C)c1ccc2c(c1)C1C(=O)C(=O)C2c2cc(C(C)(C)C)ccc21. The predicted molar refractivity (Wildman–Crippen MR) is 104 cm³/mol. The Bertz CT molecular complexity index is 872. The first-order chi connectivity index (χ1) is 12.0. The number of benzene rings is 2. The van der Waals surface area contributed by atoms with Gasteiger partial charge in [-0.15, -0.1) is 0 Å². The van der Waals surface area contributed by atoms with Gasteiger partial charge in [0.05, 0.1) is 11.8 Å². The van der Waals surface area contributed by atoms with Crippen molar-refractivity contribution in [1.29, 1.82) is 0 Å². The maximum absolute atomic E-state index is 12.8. The van der Waals surface area contributed by atoms with Crippen LogP contribution in [0.2, 0.25) is 0 Å². The molecule has 0 saturated carbocycles. The Morgan fingerprint density at radius 1 is 0.577 bits per heavy atom. The molecule has 2 nitrogen and oxygen atoms in total. The van der Waals surface area contributed by atoms with Crippen LogP contribution < -0.4 is 0 Å². The van der Waals surface area contributed by atoms with Crippen LogP contribution in [0, 0.1) is 0 Å². The van der Waals surface area contributed by atoms with Gasteiger partial charge in [0.15, 0.2) is 0 Å². The molecule has 3 aliphatic carbocycles. The number of rotatable bonds is 0. The second kappa shape index (κ2) is 5.16. The minimum absolute atomic E-state index is 0.0116. The smallest absolute Gasteiger partial charge is 0.211 e. The summed E-state index contributed by atoms with van der Waals surface area (Å²) >= 11 is 0. The lowest BCUT2D eigenvalue weighted by Crippen LogP contribution is -2.41. The molecule has 0 aromatic heterocycles. The zero-order chi connectivity index (χ0) is 19.0.